The summed E-state index contributed by atoms with van der Waals surface area (Å²) < 4.78 is 0. The van der Waals surface area contributed by atoms with Gasteiger partial charge in [0.15, 0.2) is 0 Å². The van der Waals surface area contributed by atoms with Gasteiger partial charge in [0.05, 0.1) is 6.42 Å². The third-order valence-electron chi connectivity index (χ3n) is 2.76. The third kappa shape index (κ3) is 9.97. The molecule has 0 atom stereocenters. The second-order valence-electron chi connectivity index (χ2n) is 4.40. The van der Waals surface area contributed by atoms with Crippen LogP contribution in [-0.4, -0.2) is 35.6 Å². The maximum atomic E-state index is 10.5. The van der Waals surface area contributed by atoms with Crippen molar-refractivity contribution in [1.29, 1.82) is 0 Å². The molecule has 0 aliphatic carbocycles. The summed E-state index contributed by atoms with van der Waals surface area (Å²) in [5, 5.41) is 8.65. The predicted octanol–water partition coefficient (Wildman–Crippen LogP) is 3.14. The topological polar surface area (TPSA) is 40.5 Å². The number of unbranched alkanes of at least 4 members (excludes halogenated alkanes) is 4. The van der Waals surface area contributed by atoms with E-state index >= 15 is 0 Å². The number of hydrogen-bond donors (Lipinski definition) is 1. The largest absolute Gasteiger partial charge is 0.481 e. The molecule has 0 fully saturated rings. The molecule has 1 N–H and O–H groups in total. The Morgan fingerprint density at radius 3 is 2.19 bits per heavy atom. The summed E-state index contributed by atoms with van der Waals surface area (Å²) in [5.74, 6) is -0.688. The number of carboxylic acid groups (broad SMARTS) is 1. The highest BCUT2D eigenvalue weighted by atomic mass is 16.4. The third-order valence-corrected chi connectivity index (χ3v) is 2.76. The number of rotatable bonds is 11. The number of carbonyl (C=O) groups is 1. The van der Waals surface area contributed by atoms with Gasteiger partial charge in [-0.2, -0.15) is 0 Å². The molecule has 0 aromatic heterocycles. The van der Waals surface area contributed by atoms with Gasteiger partial charge in [-0.15, -0.1) is 0 Å². The smallest absolute Gasteiger partial charge is 0.304 e. The first kappa shape index (κ1) is 15.4. The minimum atomic E-state index is -0.688. The molecule has 0 saturated heterocycles. The van der Waals surface area contributed by atoms with Crippen molar-refractivity contribution in [1.82, 2.24) is 4.90 Å². The number of hydrogen-bond acceptors (Lipinski definition) is 2. The summed E-state index contributed by atoms with van der Waals surface area (Å²) in [7, 11) is 0. The van der Waals surface area contributed by atoms with Gasteiger partial charge in [0.1, 0.15) is 0 Å². The van der Waals surface area contributed by atoms with Crippen molar-refractivity contribution in [2.75, 3.05) is 19.6 Å². The molecule has 0 bridgehead atoms. The van der Waals surface area contributed by atoms with Gasteiger partial charge in [-0.1, -0.05) is 39.5 Å². The van der Waals surface area contributed by atoms with Gasteiger partial charge in [-0.05, 0) is 25.9 Å². The minimum Gasteiger partial charge on any atom is -0.481 e. The van der Waals surface area contributed by atoms with E-state index in [2.05, 4.69) is 18.7 Å². The maximum absolute atomic E-state index is 10.5. The van der Waals surface area contributed by atoms with Gasteiger partial charge in [0, 0.05) is 6.54 Å². The summed E-state index contributed by atoms with van der Waals surface area (Å²) in [6.07, 6.45) is 7.78. The van der Waals surface area contributed by atoms with Crippen LogP contribution in [0.2, 0.25) is 0 Å². The lowest BCUT2D eigenvalue weighted by molar-refractivity contribution is -0.137. The van der Waals surface area contributed by atoms with Crippen LogP contribution in [0.3, 0.4) is 0 Å². The Hall–Kier alpha value is -0.570. The molecule has 0 aromatic rings. The average Bonchev–Trinajstić information content (AvgIpc) is 2.25. The van der Waals surface area contributed by atoms with Gasteiger partial charge in [-0.25, -0.2) is 0 Å². The van der Waals surface area contributed by atoms with Crippen LogP contribution in [0.15, 0.2) is 0 Å². The normalized spacial score (nSPS) is 10.9. The Kier molecular flexibility index (Phi) is 10.5. The van der Waals surface area contributed by atoms with E-state index in [-0.39, 0.29) is 6.42 Å². The highest BCUT2D eigenvalue weighted by Crippen LogP contribution is 2.04. The van der Waals surface area contributed by atoms with Crippen LogP contribution in [0.25, 0.3) is 0 Å². The molecule has 0 amide bonds. The first-order valence-electron chi connectivity index (χ1n) is 6.64. The monoisotopic (exact) mass is 229 g/mol. The molecule has 0 unspecified atom stereocenters. The lowest BCUT2D eigenvalue weighted by Gasteiger charge is -2.20. The zero-order valence-corrected chi connectivity index (χ0v) is 10.9. The summed E-state index contributed by atoms with van der Waals surface area (Å²) in [5.41, 5.74) is 0. The second-order valence-corrected chi connectivity index (χ2v) is 4.40. The van der Waals surface area contributed by atoms with Crippen molar-refractivity contribution >= 4 is 5.97 Å². The van der Waals surface area contributed by atoms with Crippen LogP contribution in [0.4, 0.5) is 0 Å². The van der Waals surface area contributed by atoms with Crippen LogP contribution in [-0.2, 0) is 4.79 Å². The molecule has 0 heterocycles. The molecule has 0 aliphatic heterocycles. The molecule has 0 radical (unpaired) electrons. The van der Waals surface area contributed by atoms with E-state index in [1.165, 1.54) is 32.1 Å². The van der Waals surface area contributed by atoms with Gasteiger partial charge in [0.2, 0.25) is 0 Å². The molecular formula is C13H27NO2. The number of carboxylic acids is 1. The van der Waals surface area contributed by atoms with E-state index < -0.39 is 5.97 Å². The van der Waals surface area contributed by atoms with E-state index in [0.29, 0.717) is 6.54 Å². The zero-order chi connectivity index (χ0) is 12.2. The van der Waals surface area contributed by atoms with Crippen molar-refractivity contribution in [3.63, 3.8) is 0 Å². The Morgan fingerprint density at radius 2 is 1.62 bits per heavy atom. The molecule has 3 nitrogen and oxygen atoms in total. The predicted molar refractivity (Wildman–Crippen MR) is 67.7 cm³/mol. The Labute approximate surface area is 99.8 Å². The number of aliphatic carboxylic acids is 1. The molecule has 0 spiro atoms. The summed E-state index contributed by atoms with van der Waals surface area (Å²) >= 11 is 0. The Morgan fingerprint density at radius 1 is 0.938 bits per heavy atom. The highest BCUT2D eigenvalue weighted by molar-refractivity contribution is 5.66. The van der Waals surface area contributed by atoms with Gasteiger partial charge in [0.25, 0.3) is 0 Å². The molecule has 0 saturated carbocycles. The van der Waals surface area contributed by atoms with Crippen LogP contribution >= 0.6 is 0 Å². The summed E-state index contributed by atoms with van der Waals surface area (Å²) in [6.45, 7) is 7.16. The second kappa shape index (κ2) is 10.9. The lowest BCUT2D eigenvalue weighted by Crippen LogP contribution is -2.28. The van der Waals surface area contributed by atoms with Crippen molar-refractivity contribution in [2.45, 2.75) is 58.8 Å². The number of nitrogens with zero attached hydrogens (tertiary/aromatic N) is 1. The van der Waals surface area contributed by atoms with Crippen molar-refractivity contribution in [2.24, 2.45) is 0 Å². The molecule has 0 rings (SSSR count). The van der Waals surface area contributed by atoms with Crippen LogP contribution in [0, 0.1) is 0 Å². The minimum absolute atomic E-state index is 0.273. The quantitative estimate of drug-likeness (QED) is 0.553. The van der Waals surface area contributed by atoms with E-state index in [1.54, 1.807) is 0 Å². The first-order valence-corrected chi connectivity index (χ1v) is 6.64. The van der Waals surface area contributed by atoms with Crippen molar-refractivity contribution in [3.8, 4) is 0 Å². The average molecular weight is 229 g/mol. The molecule has 0 aromatic carbocycles. The summed E-state index contributed by atoms with van der Waals surface area (Å²) in [4.78, 5) is 12.8. The van der Waals surface area contributed by atoms with Gasteiger partial charge in [-0.3, -0.25) is 4.79 Å². The summed E-state index contributed by atoms with van der Waals surface area (Å²) in [6, 6.07) is 0. The zero-order valence-electron chi connectivity index (χ0n) is 10.9. The molecule has 16 heavy (non-hydrogen) atoms. The van der Waals surface area contributed by atoms with Crippen molar-refractivity contribution < 1.29 is 9.90 Å². The van der Waals surface area contributed by atoms with Crippen LogP contribution < -0.4 is 0 Å². The fourth-order valence-electron chi connectivity index (χ4n) is 1.84. The SMILES string of the molecule is CCCCCCCN(CCC)CCC(=O)O. The van der Waals surface area contributed by atoms with Crippen molar-refractivity contribution in [3.05, 3.63) is 0 Å². The van der Waals surface area contributed by atoms with Gasteiger partial charge >= 0.3 is 5.97 Å². The molecule has 96 valence electrons. The van der Waals surface area contributed by atoms with Crippen LogP contribution in [0.5, 0.6) is 0 Å². The highest BCUT2D eigenvalue weighted by Gasteiger charge is 2.05. The first-order chi connectivity index (χ1) is 7.70. The molecule has 3 heteroatoms. The van der Waals surface area contributed by atoms with E-state index in [4.69, 9.17) is 5.11 Å². The molecular weight excluding hydrogens is 202 g/mol. The fraction of sp³-hybridized carbons (Fsp3) is 0.923. The van der Waals surface area contributed by atoms with E-state index in [1.807, 2.05) is 0 Å². The van der Waals surface area contributed by atoms with Crippen LogP contribution in [0.1, 0.15) is 58.8 Å². The lowest BCUT2D eigenvalue weighted by atomic mass is 10.1. The Balaban J connectivity index is 3.55. The van der Waals surface area contributed by atoms with E-state index in [0.717, 1.165) is 19.5 Å². The fourth-order valence-corrected chi connectivity index (χ4v) is 1.84. The Bertz CT molecular complexity index is 171. The van der Waals surface area contributed by atoms with Gasteiger partial charge < -0.3 is 10.0 Å². The molecule has 0 aliphatic rings. The standard InChI is InChI=1S/C13H27NO2/c1-3-5-6-7-8-11-14(10-4-2)12-9-13(15)16/h3-12H2,1-2H3,(H,15,16). The maximum Gasteiger partial charge on any atom is 0.304 e. The van der Waals surface area contributed by atoms with E-state index in [9.17, 15) is 4.79 Å².